The molecule has 0 aromatic heterocycles. The van der Waals surface area contributed by atoms with Gasteiger partial charge in [-0.1, -0.05) is 78.0 Å². The lowest BCUT2D eigenvalue weighted by Gasteiger charge is -2.25. The van der Waals surface area contributed by atoms with Crippen LogP contribution in [0.15, 0.2) is 36.4 Å². The first-order valence-corrected chi connectivity index (χ1v) is 10.7. The molecular weight excluding hydrogens is 388 g/mol. The average Bonchev–Trinajstić information content (AvgIpc) is 2.62. The highest BCUT2D eigenvalue weighted by atomic mass is 16.4. The minimum Gasteiger partial charge on any atom is -0.507 e. The number of aromatic hydroxyl groups is 2. The monoisotopic (exact) mass is 424 g/mol. The van der Waals surface area contributed by atoms with Crippen LogP contribution in [0.2, 0.25) is 0 Å². The summed E-state index contributed by atoms with van der Waals surface area (Å²) in [5.41, 5.74) is 4.86. The number of aliphatic carboxylic acids is 1. The normalized spacial score (nSPS) is 12.1. The van der Waals surface area contributed by atoms with E-state index in [1.165, 1.54) is 0 Å². The van der Waals surface area contributed by atoms with E-state index in [1.54, 1.807) is 0 Å². The molecule has 4 nitrogen and oxygen atoms in total. The number of rotatable bonds is 6. The Kier molecular flexibility index (Phi) is 6.94. The third kappa shape index (κ3) is 5.90. The molecule has 0 amide bonds. The summed E-state index contributed by atoms with van der Waals surface area (Å²) in [6.45, 7) is 17.9. The molecular formula is C27H36O4. The molecule has 0 bridgehead atoms. The second-order valence-corrected chi connectivity index (χ2v) is 10.6. The van der Waals surface area contributed by atoms with Gasteiger partial charge in [-0.3, -0.25) is 0 Å². The Hall–Kier alpha value is -2.75. The van der Waals surface area contributed by atoms with Crippen molar-refractivity contribution in [3.05, 3.63) is 69.8 Å². The van der Waals surface area contributed by atoms with Gasteiger partial charge in [0.1, 0.15) is 11.5 Å². The van der Waals surface area contributed by atoms with E-state index in [0.29, 0.717) is 19.3 Å². The van der Waals surface area contributed by atoms with Crippen molar-refractivity contribution in [3.8, 4) is 11.5 Å². The molecule has 2 rings (SSSR count). The van der Waals surface area contributed by atoms with Gasteiger partial charge in [0.25, 0.3) is 0 Å². The lowest BCUT2D eigenvalue weighted by Crippen LogP contribution is -2.14. The average molecular weight is 425 g/mol. The van der Waals surface area contributed by atoms with Crippen molar-refractivity contribution in [1.82, 2.24) is 0 Å². The van der Waals surface area contributed by atoms with Crippen LogP contribution in [-0.2, 0) is 28.5 Å². The van der Waals surface area contributed by atoms with Crippen molar-refractivity contribution in [2.75, 3.05) is 0 Å². The molecule has 2 aromatic rings. The van der Waals surface area contributed by atoms with Crippen LogP contribution in [0.3, 0.4) is 0 Å². The molecule has 0 saturated carbocycles. The quantitative estimate of drug-likeness (QED) is 0.485. The fraction of sp³-hybridized carbons (Fsp3) is 0.444. The lowest BCUT2D eigenvalue weighted by atomic mass is 9.81. The Labute approximate surface area is 186 Å². The van der Waals surface area contributed by atoms with Gasteiger partial charge >= 0.3 is 5.97 Å². The summed E-state index contributed by atoms with van der Waals surface area (Å²) < 4.78 is 0. The molecule has 2 aromatic carbocycles. The highest BCUT2D eigenvalue weighted by Gasteiger charge is 2.24. The molecule has 0 heterocycles. The highest BCUT2D eigenvalue weighted by molar-refractivity contribution is 5.85. The van der Waals surface area contributed by atoms with Crippen LogP contribution in [0.5, 0.6) is 11.5 Å². The van der Waals surface area contributed by atoms with Gasteiger partial charge < -0.3 is 15.3 Å². The number of phenolic OH excluding ortho intramolecular Hbond substituents is 2. The number of hydrogen-bond donors (Lipinski definition) is 3. The zero-order valence-electron chi connectivity index (χ0n) is 19.9. The van der Waals surface area contributed by atoms with Crippen LogP contribution in [0.1, 0.15) is 81.3 Å². The summed E-state index contributed by atoms with van der Waals surface area (Å²) in [7, 11) is 0. The molecule has 0 aliphatic rings. The molecule has 0 saturated heterocycles. The third-order valence-corrected chi connectivity index (χ3v) is 5.60. The zero-order valence-corrected chi connectivity index (χ0v) is 19.9. The predicted molar refractivity (Wildman–Crippen MR) is 126 cm³/mol. The van der Waals surface area contributed by atoms with Crippen LogP contribution >= 0.6 is 0 Å². The van der Waals surface area contributed by atoms with Crippen molar-refractivity contribution in [2.45, 2.75) is 78.6 Å². The number of benzene rings is 2. The topological polar surface area (TPSA) is 77.8 Å². The number of carboxylic acids is 1. The van der Waals surface area contributed by atoms with Gasteiger partial charge in [-0.2, -0.15) is 0 Å². The number of carbonyl (C=O) groups is 1. The van der Waals surface area contributed by atoms with Crippen molar-refractivity contribution in [1.29, 1.82) is 0 Å². The summed E-state index contributed by atoms with van der Waals surface area (Å²) in [6.07, 6.45) is 1.25. The van der Waals surface area contributed by atoms with E-state index in [2.05, 4.69) is 27.4 Å². The van der Waals surface area contributed by atoms with E-state index in [4.69, 9.17) is 5.11 Å². The first-order chi connectivity index (χ1) is 14.1. The SMILES string of the molecule is C=C(CCc1cc(Cc2cc(C)cc(C(C)(C)C)c2O)c(O)c(C(C)(C)C)c1)C(=O)O. The van der Waals surface area contributed by atoms with Gasteiger partial charge in [0.2, 0.25) is 0 Å². The first-order valence-electron chi connectivity index (χ1n) is 10.7. The van der Waals surface area contributed by atoms with Crippen molar-refractivity contribution < 1.29 is 20.1 Å². The van der Waals surface area contributed by atoms with Crippen LogP contribution in [0.25, 0.3) is 0 Å². The lowest BCUT2D eigenvalue weighted by molar-refractivity contribution is -0.132. The van der Waals surface area contributed by atoms with Gasteiger partial charge in [0.15, 0.2) is 0 Å². The maximum atomic E-state index is 11.1. The van der Waals surface area contributed by atoms with E-state index < -0.39 is 5.97 Å². The summed E-state index contributed by atoms with van der Waals surface area (Å²) in [5.74, 6) is -0.500. The van der Waals surface area contributed by atoms with E-state index in [9.17, 15) is 15.0 Å². The predicted octanol–water partition coefficient (Wildman–Crippen LogP) is 6.17. The van der Waals surface area contributed by atoms with Gasteiger partial charge in [-0.15, -0.1) is 0 Å². The van der Waals surface area contributed by atoms with Crippen molar-refractivity contribution >= 4 is 5.97 Å². The Morgan fingerprint density at radius 3 is 1.84 bits per heavy atom. The second-order valence-electron chi connectivity index (χ2n) is 10.6. The molecule has 0 fully saturated rings. The Morgan fingerprint density at radius 2 is 1.35 bits per heavy atom. The number of carboxylic acid groups (broad SMARTS) is 1. The molecule has 4 heteroatoms. The largest absolute Gasteiger partial charge is 0.507 e. The summed E-state index contributed by atoms with van der Waals surface area (Å²) >= 11 is 0. The van der Waals surface area contributed by atoms with Gasteiger partial charge in [0.05, 0.1) is 0 Å². The highest BCUT2D eigenvalue weighted by Crippen LogP contribution is 2.39. The van der Waals surface area contributed by atoms with E-state index in [0.717, 1.165) is 33.4 Å². The van der Waals surface area contributed by atoms with Gasteiger partial charge in [-0.25, -0.2) is 4.79 Å². The van der Waals surface area contributed by atoms with Crippen molar-refractivity contribution in [3.63, 3.8) is 0 Å². The van der Waals surface area contributed by atoms with Crippen LogP contribution in [0, 0.1) is 6.92 Å². The van der Waals surface area contributed by atoms with E-state index in [-0.39, 0.29) is 27.9 Å². The standard InChI is InChI=1S/C27H36O4/c1-16-11-19(23(28)21(12-16)26(3,4)5)15-20-13-18(10-9-17(2)25(30)31)14-22(24(20)29)27(6,7)8/h11-14,28-29H,2,9-10,15H2,1,3-8H3,(H,30,31). The van der Waals surface area contributed by atoms with Crippen molar-refractivity contribution in [2.24, 2.45) is 0 Å². The van der Waals surface area contributed by atoms with E-state index >= 15 is 0 Å². The van der Waals surface area contributed by atoms with Crippen LogP contribution in [-0.4, -0.2) is 21.3 Å². The Morgan fingerprint density at radius 1 is 0.871 bits per heavy atom. The third-order valence-electron chi connectivity index (χ3n) is 5.60. The Bertz CT molecular complexity index is 1000. The van der Waals surface area contributed by atoms with E-state index in [1.807, 2.05) is 52.0 Å². The maximum Gasteiger partial charge on any atom is 0.330 e. The second kappa shape index (κ2) is 8.78. The number of hydrogen-bond acceptors (Lipinski definition) is 3. The number of aryl methyl sites for hydroxylation is 2. The summed E-state index contributed by atoms with van der Waals surface area (Å²) in [5, 5.41) is 31.2. The molecule has 0 unspecified atom stereocenters. The van der Waals surface area contributed by atoms with Crippen LogP contribution < -0.4 is 0 Å². The zero-order chi connectivity index (χ0) is 23.7. The molecule has 0 aliphatic carbocycles. The van der Waals surface area contributed by atoms with Crippen LogP contribution in [0.4, 0.5) is 0 Å². The fourth-order valence-electron chi connectivity index (χ4n) is 3.78. The molecule has 0 radical (unpaired) electrons. The molecule has 31 heavy (non-hydrogen) atoms. The summed E-state index contributed by atoms with van der Waals surface area (Å²) in [4.78, 5) is 11.1. The fourth-order valence-corrected chi connectivity index (χ4v) is 3.78. The minimum atomic E-state index is -0.991. The van der Waals surface area contributed by atoms with Gasteiger partial charge in [-0.05, 0) is 58.4 Å². The molecule has 168 valence electrons. The molecule has 0 spiro atoms. The molecule has 3 N–H and O–H groups in total. The number of phenols is 2. The minimum absolute atomic E-state index is 0.165. The summed E-state index contributed by atoms with van der Waals surface area (Å²) in [6, 6.07) is 7.83. The Balaban J connectivity index is 2.56. The van der Waals surface area contributed by atoms with Gasteiger partial charge in [0, 0.05) is 12.0 Å². The molecule has 0 aliphatic heterocycles. The maximum absolute atomic E-state index is 11.1. The first kappa shape index (κ1) is 24.5. The molecule has 0 atom stereocenters. The smallest absolute Gasteiger partial charge is 0.330 e.